The number of methoxy groups -OCH3 is 1. The van der Waals surface area contributed by atoms with Crippen LogP contribution < -0.4 is 10.1 Å². The maximum Gasteiger partial charge on any atom is 0.224 e. The van der Waals surface area contributed by atoms with Crippen LogP contribution in [0.5, 0.6) is 5.75 Å². The molecule has 1 atom stereocenters. The number of carbonyl (C=O) groups is 1. The molecule has 0 aliphatic heterocycles. The summed E-state index contributed by atoms with van der Waals surface area (Å²) in [6.07, 6.45) is 0.253. The van der Waals surface area contributed by atoms with Gasteiger partial charge in [-0.3, -0.25) is 4.79 Å². The molecule has 4 nitrogen and oxygen atoms in total. The second-order valence-corrected chi connectivity index (χ2v) is 6.77. The van der Waals surface area contributed by atoms with Crippen LogP contribution in [-0.2, 0) is 11.2 Å². The van der Waals surface area contributed by atoms with Gasteiger partial charge in [-0.2, -0.15) is 0 Å². The van der Waals surface area contributed by atoms with Gasteiger partial charge in [0.1, 0.15) is 5.75 Å². The second-order valence-electron chi connectivity index (χ2n) is 5.95. The summed E-state index contributed by atoms with van der Waals surface area (Å²) < 4.78 is 5.44. The van der Waals surface area contributed by atoms with E-state index < -0.39 is 0 Å². The van der Waals surface area contributed by atoms with Crippen LogP contribution in [0.15, 0.2) is 42.5 Å². The Morgan fingerprint density at radius 2 is 1.88 bits per heavy atom. The number of halogens is 2. The van der Waals surface area contributed by atoms with Crippen molar-refractivity contribution in [3.05, 3.63) is 63.6 Å². The SMILES string of the molecule is COc1ccccc1[C@@H](CNC(=O)Cc1ccc(Cl)c(Cl)c1)N(C)C. The van der Waals surface area contributed by atoms with Crippen molar-refractivity contribution in [1.82, 2.24) is 10.2 Å². The fraction of sp³-hybridized carbons (Fsp3) is 0.316. The Morgan fingerprint density at radius 1 is 1.16 bits per heavy atom. The predicted molar refractivity (Wildman–Crippen MR) is 103 cm³/mol. The van der Waals surface area contributed by atoms with Crippen molar-refractivity contribution in [3.8, 4) is 5.75 Å². The first kappa shape index (κ1) is 19.6. The molecule has 0 saturated carbocycles. The summed E-state index contributed by atoms with van der Waals surface area (Å²) in [5, 5.41) is 3.92. The van der Waals surface area contributed by atoms with E-state index in [2.05, 4.69) is 10.2 Å². The van der Waals surface area contributed by atoms with Crippen LogP contribution in [0.2, 0.25) is 10.0 Å². The molecule has 2 aromatic rings. The zero-order chi connectivity index (χ0) is 18.4. The zero-order valence-corrected chi connectivity index (χ0v) is 16.1. The van der Waals surface area contributed by atoms with E-state index in [0.29, 0.717) is 16.6 Å². The summed E-state index contributed by atoms with van der Waals surface area (Å²) >= 11 is 11.9. The molecule has 0 aliphatic carbocycles. The third-order valence-electron chi connectivity index (χ3n) is 3.96. The van der Waals surface area contributed by atoms with E-state index in [1.54, 1.807) is 25.3 Å². The molecular weight excluding hydrogens is 359 g/mol. The van der Waals surface area contributed by atoms with Crippen LogP contribution in [-0.4, -0.2) is 38.6 Å². The largest absolute Gasteiger partial charge is 0.496 e. The highest BCUT2D eigenvalue weighted by Crippen LogP contribution is 2.27. The molecule has 2 aromatic carbocycles. The van der Waals surface area contributed by atoms with Crippen LogP contribution >= 0.6 is 23.2 Å². The molecule has 0 radical (unpaired) electrons. The molecule has 1 amide bonds. The Bertz CT molecular complexity index is 735. The standard InChI is InChI=1S/C19H22Cl2N2O2/c1-23(2)17(14-6-4-5-7-18(14)25-3)12-22-19(24)11-13-8-9-15(20)16(21)10-13/h4-10,17H,11-12H2,1-3H3,(H,22,24)/t17-/m1/s1. The summed E-state index contributed by atoms with van der Waals surface area (Å²) in [4.78, 5) is 14.3. The average molecular weight is 381 g/mol. The molecule has 25 heavy (non-hydrogen) atoms. The molecule has 2 rings (SSSR count). The highest BCUT2D eigenvalue weighted by atomic mass is 35.5. The van der Waals surface area contributed by atoms with Crippen LogP contribution in [0.1, 0.15) is 17.2 Å². The fourth-order valence-corrected chi connectivity index (χ4v) is 2.94. The van der Waals surface area contributed by atoms with Gasteiger partial charge in [-0.1, -0.05) is 47.5 Å². The summed E-state index contributed by atoms with van der Waals surface area (Å²) in [6.45, 7) is 0.480. The van der Waals surface area contributed by atoms with E-state index in [4.69, 9.17) is 27.9 Å². The predicted octanol–water partition coefficient (Wildman–Crippen LogP) is 3.96. The molecule has 0 spiro atoms. The van der Waals surface area contributed by atoms with Gasteiger partial charge in [0, 0.05) is 12.1 Å². The summed E-state index contributed by atoms with van der Waals surface area (Å²) in [6, 6.07) is 13.0. The van der Waals surface area contributed by atoms with E-state index in [1.165, 1.54) is 0 Å². The van der Waals surface area contributed by atoms with E-state index in [9.17, 15) is 4.79 Å². The molecule has 0 saturated heterocycles. The first-order valence-corrected chi connectivity index (χ1v) is 8.68. The number of nitrogens with one attached hydrogen (secondary N) is 1. The molecule has 0 unspecified atom stereocenters. The summed E-state index contributed by atoms with van der Waals surface area (Å²) in [5.74, 6) is 0.736. The van der Waals surface area contributed by atoms with Crippen LogP contribution in [0.25, 0.3) is 0 Å². The van der Waals surface area contributed by atoms with Gasteiger partial charge >= 0.3 is 0 Å². The number of likely N-dealkylation sites (N-methyl/N-ethyl adjacent to an activating group) is 1. The molecule has 134 valence electrons. The quantitative estimate of drug-likeness (QED) is 0.789. The Kier molecular flexibility index (Phi) is 7.12. The minimum absolute atomic E-state index is 0.00825. The second kappa shape index (κ2) is 9.09. The average Bonchev–Trinajstić information content (AvgIpc) is 2.58. The minimum Gasteiger partial charge on any atom is -0.496 e. The summed E-state index contributed by atoms with van der Waals surface area (Å²) in [7, 11) is 5.60. The zero-order valence-electron chi connectivity index (χ0n) is 14.6. The maximum absolute atomic E-state index is 12.3. The summed E-state index contributed by atoms with van der Waals surface area (Å²) in [5.41, 5.74) is 1.86. The number of rotatable bonds is 7. The third kappa shape index (κ3) is 5.36. The lowest BCUT2D eigenvalue weighted by Crippen LogP contribution is -2.35. The molecule has 1 N–H and O–H groups in total. The number of benzene rings is 2. The van der Waals surface area contributed by atoms with E-state index in [-0.39, 0.29) is 18.4 Å². The number of amides is 1. The monoisotopic (exact) mass is 380 g/mol. The Labute approximate surface area is 158 Å². The van der Waals surface area contributed by atoms with Crippen LogP contribution in [0, 0.1) is 0 Å². The van der Waals surface area contributed by atoms with Crippen molar-refractivity contribution in [3.63, 3.8) is 0 Å². The van der Waals surface area contributed by atoms with Gasteiger partial charge in [-0.05, 0) is 37.9 Å². The van der Waals surface area contributed by atoms with Gasteiger partial charge in [0.2, 0.25) is 5.91 Å². The minimum atomic E-state index is -0.0693. The van der Waals surface area contributed by atoms with Crippen molar-refractivity contribution < 1.29 is 9.53 Å². The van der Waals surface area contributed by atoms with Gasteiger partial charge in [0.05, 0.1) is 29.6 Å². The van der Waals surface area contributed by atoms with Crippen molar-refractivity contribution in [2.45, 2.75) is 12.5 Å². The highest BCUT2D eigenvalue weighted by molar-refractivity contribution is 6.42. The number of carbonyl (C=O) groups excluding carboxylic acids is 1. The lowest BCUT2D eigenvalue weighted by Gasteiger charge is -2.26. The van der Waals surface area contributed by atoms with Crippen molar-refractivity contribution in [2.24, 2.45) is 0 Å². The van der Waals surface area contributed by atoms with E-state index in [1.807, 2.05) is 38.4 Å². The highest BCUT2D eigenvalue weighted by Gasteiger charge is 2.19. The van der Waals surface area contributed by atoms with Gasteiger partial charge in [-0.25, -0.2) is 0 Å². The first-order chi connectivity index (χ1) is 11.9. The Hall–Kier alpha value is -1.75. The Morgan fingerprint density at radius 3 is 2.52 bits per heavy atom. The van der Waals surface area contributed by atoms with Crippen molar-refractivity contribution in [1.29, 1.82) is 0 Å². The lowest BCUT2D eigenvalue weighted by molar-refractivity contribution is -0.120. The third-order valence-corrected chi connectivity index (χ3v) is 4.70. The van der Waals surface area contributed by atoms with Crippen LogP contribution in [0.4, 0.5) is 0 Å². The lowest BCUT2D eigenvalue weighted by atomic mass is 10.0. The fourth-order valence-electron chi connectivity index (χ4n) is 2.62. The normalized spacial score (nSPS) is 12.1. The first-order valence-electron chi connectivity index (χ1n) is 7.92. The van der Waals surface area contributed by atoms with Crippen molar-refractivity contribution in [2.75, 3.05) is 27.7 Å². The van der Waals surface area contributed by atoms with Gasteiger partial charge in [0.25, 0.3) is 0 Å². The number of nitrogens with zero attached hydrogens (tertiary/aromatic N) is 1. The Balaban J connectivity index is 2.03. The van der Waals surface area contributed by atoms with E-state index in [0.717, 1.165) is 16.9 Å². The molecule has 0 fully saturated rings. The molecule has 0 bridgehead atoms. The van der Waals surface area contributed by atoms with Gasteiger partial charge < -0.3 is 15.0 Å². The molecular formula is C19H22Cl2N2O2. The number of hydrogen-bond acceptors (Lipinski definition) is 3. The van der Waals surface area contributed by atoms with Gasteiger partial charge in [0.15, 0.2) is 0 Å². The van der Waals surface area contributed by atoms with Crippen molar-refractivity contribution >= 4 is 29.1 Å². The molecule has 6 heteroatoms. The molecule has 0 heterocycles. The van der Waals surface area contributed by atoms with E-state index >= 15 is 0 Å². The number of hydrogen-bond donors (Lipinski definition) is 1. The maximum atomic E-state index is 12.3. The van der Waals surface area contributed by atoms with Crippen LogP contribution in [0.3, 0.4) is 0 Å². The molecule has 0 aromatic heterocycles. The number of ether oxygens (including phenoxy) is 1. The smallest absolute Gasteiger partial charge is 0.224 e. The topological polar surface area (TPSA) is 41.6 Å². The van der Waals surface area contributed by atoms with Gasteiger partial charge in [-0.15, -0.1) is 0 Å². The number of para-hydroxylation sites is 1. The molecule has 0 aliphatic rings.